The molecule has 0 aliphatic heterocycles. The molecule has 0 saturated heterocycles. The molecule has 0 bridgehead atoms. The highest BCUT2D eigenvalue weighted by Gasteiger charge is 2.22. The Morgan fingerprint density at radius 2 is 1.73 bits per heavy atom. The zero-order valence-electron chi connectivity index (χ0n) is 17.0. The maximum absolute atomic E-state index is 13.3. The van der Waals surface area contributed by atoms with Crippen molar-refractivity contribution in [3.05, 3.63) is 93.9 Å². The van der Waals surface area contributed by atoms with Gasteiger partial charge in [0, 0.05) is 11.8 Å². The summed E-state index contributed by atoms with van der Waals surface area (Å²) in [7, 11) is 0. The van der Waals surface area contributed by atoms with Crippen LogP contribution >= 0.6 is 11.8 Å². The zero-order valence-corrected chi connectivity index (χ0v) is 17.8. The van der Waals surface area contributed by atoms with Crippen molar-refractivity contribution in [3.8, 4) is 5.82 Å². The zero-order chi connectivity index (χ0) is 21.3. The summed E-state index contributed by atoms with van der Waals surface area (Å²) in [5, 5.41) is 0.550. The number of carbonyl (C=O) groups is 1. The summed E-state index contributed by atoms with van der Waals surface area (Å²) in [4.78, 5) is 35.5. The first-order valence-corrected chi connectivity index (χ1v) is 10.5. The van der Waals surface area contributed by atoms with Crippen molar-refractivity contribution in [2.45, 2.75) is 31.2 Å². The molecule has 0 amide bonds. The molecule has 2 aromatic heterocycles. The molecule has 0 saturated carbocycles. The summed E-state index contributed by atoms with van der Waals surface area (Å²) >= 11 is 1.27. The standard InChI is InChI=1S/C24H21N3O2S/c1-15-10-12-18(13-11-15)21(28)17(3)30-24-26-20-9-5-4-8-19(20)23(29)27(24)22-16(2)7-6-14-25-22/h4-14,17H,1-3H3/t17-/m1/s1. The normalized spacial score (nSPS) is 12.1. The van der Waals surface area contributed by atoms with E-state index in [1.165, 1.54) is 16.3 Å². The number of benzene rings is 2. The first-order chi connectivity index (χ1) is 14.5. The molecule has 4 aromatic rings. The smallest absolute Gasteiger partial charge is 0.267 e. The van der Waals surface area contributed by atoms with Crippen molar-refractivity contribution >= 4 is 28.4 Å². The van der Waals surface area contributed by atoms with Gasteiger partial charge < -0.3 is 0 Å². The van der Waals surface area contributed by atoms with Gasteiger partial charge in [-0.25, -0.2) is 14.5 Å². The Kier molecular flexibility index (Phi) is 5.50. The molecular weight excluding hydrogens is 394 g/mol. The van der Waals surface area contributed by atoms with Gasteiger partial charge in [-0.1, -0.05) is 59.8 Å². The Labute approximate surface area is 178 Å². The second-order valence-corrected chi connectivity index (χ2v) is 8.49. The van der Waals surface area contributed by atoms with Crippen LogP contribution in [0.5, 0.6) is 0 Å². The fourth-order valence-electron chi connectivity index (χ4n) is 3.25. The van der Waals surface area contributed by atoms with E-state index in [-0.39, 0.29) is 11.3 Å². The molecule has 30 heavy (non-hydrogen) atoms. The lowest BCUT2D eigenvalue weighted by Crippen LogP contribution is -2.25. The molecule has 1 atom stereocenters. The van der Waals surface area contributed by atoms with Crippen LogP contribution in [0.4, 0.5) is 0 Å². The van der Waals surface area contributed by atoms with E-state index >= 15 is 0 Å². The maximum atomic E-state index is 13.3. The minimum Gasteiger partial charge on any atom is -0.293 e. The van der Waals surface area contributed by atoms with Gasteiger partial charge in [0.1, 0.15) is 5.82 Å². The molecule has 6 heteroatoms. The molecule has 0 aliphatic carbocycles. The topological polar surface area (TPSA) is 64.8 Å². The van der Waals surface area contributed by atoms with Crippen molar-refractivity contribution in [3.63, 3.8) is 0 Å². The second-order valence-electron chi connectivity index (χ2n) is 7.19. The number of thioether (sulfide) groups is 1. The summed E-state index contributed by atoms with van der Waals surface area (Å²) in [6.45, 7) is 5.72. The average molecular weight is 416 g/mol. The van der Waals surface area contributed by atoms with Gasteiger partial charge in [-0.15, -0.1) is 0 Å². The number of aromatic nitrogens is 3. The highest BCUT2D eigenvalue weighted by Crippen LogP contribution is 2.27. The number of hydrogen-bond donors (Lipinski definition) is 0. The summed E-state index contributed by atoms with van der Waals surface area (Å²) in [5.41, 5.74) is 3.01. The predicted octanol–water partition coefficient (Wildman–Crippen LogP) is 4.76. The van der Waals surface area contributed by atoms with E-state index in [1.807, 2.05) is 75.4 Å². The van der Waals surface area contributed by atoms with Gasteiger partial charge in [0.15, 0.2) is 10.9 Å². The number of fused-ring (bicyclic) bond motifs is 1. The van der Waals surface area contributed by atoms with Crippen LogP contribution in [0.1, 0.15) is 28.4 Å². The van der Waals surface area contributed by atoms with Crippen molar-refractivity contribution in [2.75, 3.05) is 0 Å². The summed E-state index contributed by atoms with van der Waals surface area (Å²) in [6, 6.07) is 18.5. The van der Waals surface area contributed by atoms with Crippen LogP contribution in [0.2, 0.25) is 0 Å². The van der Waals surface area contributed by atoms with Crippen LogP contribution in [-0.2, 0) is 0 Å². The number of ketones is 1. The monoisotopic (exact) mass is 415 g/mol. The quantitative estimate of drug-likeness (QED) is 0.267. The number of rotatable bonds is 5. The number of para-hydroxylation sites is 1. The van der Waals surface area contributed by atoms with E-state index in [0.29, 0.717) is 27.4 Å². The molecule has 2 aromatic carbocycles. The number of nitrogens with zero attached hydrogens (tertiary/aromatic N) is 3. The largest absolute Gasteiger partial charge is 0.293 e. The molecule has 0 spiro atoms. The molecule has 4 rings (SSSR count). The summed E-state index contributed by atoms with van der Waals surface area (Å²) in [5.74, 6) is 0.518. The molecule has 0 aliphatic rings. The molecule has 150 valence electrons. The SMILES string of the molecule is Cc1ccc(C(=O)[C@@H](C)Sc2nc3ccccc3c(=O)n2-c2ncccc2C)cc1. The van der Waals surface area contributed by atoms with Crippen molar-refractivity contribution in [2.24, 2.45) is 0 Å². The number of aryl methyl sites for hydroxylation is 2. The molecule has 0 N–H and O–H groups in total. The van der Waals surface area contributed by atoms with Crippen molar-refractivity contribution in [1.29, 1.82) is 0 Å². The molecule has 5 nitrogen and oxygen atoms in total. The first kappa shape index (κ1) is 20.0. The van der Waals surface area contributed by atoms with E-state index < -0.39 is 5.25 Å². The average Bonchev–Trinajstić information content (AvgIpc) is 2.75. The number of hydrogen-bond acceptors (Lipinski definition) is 5. The van der Waals surface area contributed by atoms with Gasteiger partial charge in [-0.2, -0.15) is 0 Å². The van der Waals surface area contributed by atoms with Gasteiger partial charge in [-0.3, -0.25) is 9.59 Å². The Morgan fingerprint density at radius 1 is 1.00 bits per heavy atom. The third kappa shape index (κ3) is 3.78. The maximum Gasteiger partial charge on any atom is 0.267 e. The van der Waals surface area contributed by atoms with Gasteiger partial charge in [0.2, 0.25) is 0 Å². The van der Waals surface area contributed by atoms with Gasteiger partial charge in [-0.05, 0) is 44.5 Å². The van der Waals surface area contributed by atoms with Crippen LogP contribution in [-0.4, -0.2) is 25.6 Å². The van der Waals surface area contributed by atoms with Gasteiger partial charge >= 0.3 is 0 Å². The van der Waals surface area contributed by atoms with Crippen LogP contribution in [0.25, 0.3) is 16.7 Å². The van der Waals surface area contributed by atoms with E-state index in [0.717, 1.165) is 11.1 Å². The first-order valence-electron chi connectivity index (χ1n) is 9.67. The lowest BCUT2D eigenvalue weighted by Gasteiger charge is -2.16. The summed E-state index contributed by atoms with van der Waals surface area (Å²) < 4.78 is 1.52. The minimum atomic E-state index is -0.420. The lowest BCUT2D eigenvalue weighted by molar-refractivity contribution is 0.0994. The van der Waals surface area contributed by atoms with Crippen LogP contribution in [0.15, 0.2) is 76.8 Å². The Hall–Kier alpha value is -3.25. The van der Waals surface area contributed by atoms with Crippen LogP contribution < -0.4 is 5.56 Å². The van der Waals surface area contributed by atoms with Crippen molar-refractivity contribution in [1.82, 2.24) is 14.5 Å². The van der Waals surface area contributed by atoms with E-state index in [1.54, 1.807) is 12.3 Å². The minimum absolute atomic E-state index is 0.00768. The fraction of sp³-hybridized carbons (Fsp3) is 0.167. The predicted molar refractivity (Wildman–Crippen MR) is 121 cm³/mol. The van der Waals surface area contributed by atoms with E-state index in [2.05, 4.69) is 4.98 Å². The van der Waals surface area contributed by atoms with Gasteiger partial charge in [0.25, 0.3) is 5.56 Å². The number of carbonyl (C=O) groups excluding carboxylic acids is 1. The van der Waals surface area contributed by atoms with Gasteiger partial charge in [0.05, 0.1) is 16.2 Å². The number of pyridine rings is 1. The summed E-state index contributed by atoms with van der Waals surface area (Å²) in [6.07, 6.45) is 1.65. The van der Waals surface area contributed by atoms with Crippen LogP contribution in [0, 0.1) is 13.8 Å². The van der Waals surface area contributed by atoms with Crippen LogP contribution in [0.3, 0.4) is 0 Å². The van der Waals surface area contributed by atoms with Crippen molar-refractivity contribution < 1.29 is 4.79 Å². The highest BCUT2D eigenvalue weighted by atomic mass is 32.2. The fourth-order valence-corrected chi connectivity index (χ4v) is 4.24. The molecular formula is C24H21N3O2S. The Bertz CT molecular complexity index is 1300. The molecule has 0 fully saturated rings. The Morgan fingerprint density at radius 3 is 2.47 bits per heavy atom. The molecule has 2 heterocycles. The Balaban J connectivity index is 1.82. The molecule has 0 unspecified atom stereocenters. The highest BCUT2D eigenvalue weighted by molar-refractivity contribution is 8.00. The lowest BCUT2D eigenvalue weighted by atomic mass is 10.1. The third-order valence-electron chi connectivity index (χ3n) is 4.93. The van der Waals surface area contributed by atoms with E-state index in [9.17, 15) is 9.59 Å². The molecule has 0 radical (unpaired) electrons. The second kappa shape index (κ2) is 8.24. The number of Topliss-reactive ketones (excluding diaryl/α,β-unsaturated/α-hetero) is 1. The van der Waals surface area contributed by atoms with E-state index in [4.69, 9.17) is 4.98 Å². The third-order valence-corrected chi connectivity index (χ3v) is 5.98.